The summed E-state index contributed by atoms with van der Waals surface area (Å²) < 4.78 is 3.23. The highest BCUT2D eigenvalue weighted by Gasteiger charge is 2.27. The zero-order chi connectivity index (χ0) is 22.2. The zero-order valence-corrected chi connectivity index (χ0v) is 21.4. The van der Waals surface area contributed by atoms with Crippen LogP contribution in [0.25, 0.3) is 27.8 Å². The summed E-state index contributed by atoms with van der Waals surface area (Å²) in [6, 6.07) is 13.8. The maximum Gasteiger partial charge on any atom is 0.168 e. The van der Waals surface area contributed by atoms with Crippen molar-refractivity contribution in [3.05, 3.63) is 67.7 Å². The van der Waals surface area contributed by atoms with Gasteiger partial charge in [-0.15, -0.1) is 10.2 Å². The molecule has 0 spiro atoms. The van der Waals surface area contributed by atoms with Crippen molar-refractivity contribution in [2.45, 2.75) is 44.9 Å². The summed E-state index contributed by atoms with van der Waals surface area (Å²) in [4.78, 5) is 5.11. The molecule has 0 bridgehead atoms. The lowest BCUT2D eigenvalue weighted by atomic mass is 9.86. The lowest BCUT2D eigenvalue weighted by Gasteiger charge is -2.21. The van der Waals surface area contributed by atoms with Crippen LogP contribution in [-0.2, 0) is 6.42 Å². The third-order valence-corrected chi connectivity index (χ3v) is 7.98. The predicted octanol–water partition coefficient (Wildman–Crippen LogP) is 8.35. The lowest BCUT2D eigenvalue weighted by Crippen LogP contribution is -2.07. The molecular formula is C24H21BrCl2N4S. The van der Waals surface area contributed by atoms with Crippen molar-refractivity contribution in [2.24, 2.45) is 0 Å². The van der Waals surface area contributed by atoms with E-state index >= 15 is 0 Å². The molecule has 1 saturated carbocycles. The van der Waals surface area contributed by atoms with E-state index in [9.17, 15) is 0 Å². The molecule has 4 aromatic rings. The topological polar surface area (TPSA) is 43.6 Å². The summed E-state index contributed by atoms with van der Waals surface area (Å²) in [7, 11) is 0. The molecule has 164 valence electrons. The summed E-state index contributed by atoms with van der Waals surface area (Å²) in [5, 5.41) is 12.2. The highest BCUT2D eigenvalue weighted by Crippen LogP contribution is 2.42. The first-order valence-corrected chi connectivity index (χ1v) is 13.1. The molecule has 8 heteroatoms. The minimum atomic E-state index is 0.551. The molecule has 2 aromatic heterocycles. The molecule has 0 amide bonds. The molecule has 5 rings (SSSR count). The number of benzene rings is 2. The summed E-state index contributed by atoms with van der Waals surface area (Å²) >= 11 is 18.0. The van der Waals surface area contributed by atoms with Gasteiger partial charge in [0.05, 0.1) is 10.7 Å². The van der Waals surface area contributed by atoms with Crippen LogP contribution in [0.2, 0.25) is 10.0 Å². The molecule has 1 aliphatic rings. The monoisotopic (exact) mass is 546 g/mol. The molecule has 0 atom stereocenters. The number of rotatable bonds is 6. The van der Waals surface area contributed by atoms with E-state index < -0.39 is 0 Å². The molecule has 0 aliphatic heterocycles. The van der Waals surface area contributed by atoms with Crippen LogP contribution in [0.15, 0.2) is 46.9 Å². The van der Waals surface area contributed by atoms with Crippen LogP contribution in [0, 0.1) is 0 Å². The second-order valence-corrected chi connectivity index (χ2v) is 10.8. The second-order valence-electron chi connectivity index (χ2n) is 7.99. The Labute approximate surface area is 209 Å². The van der Waals surface area contributed by atoms with Crippen LogP contribution in [0.5, 0.6) is 0 Å². The van der Waals surface area contributed by atoms with Gasteiger partial charge in [-0.2, -0.15) is 0 Å². The molecule has 1 fully saturated rings. The fourth-order valence-corrected chi connectivity index (χ4v) is 5.74. The first kappa shape index (κ1) is 22.1. The normalized spacial score (nSPS) is 14.0. The zero-order valence-electron chi connectivity index (χ0n) is 17.5. The minimum Gasteiger partial charge on any atom is -0.296 e. The van der Waals surface area contributed by atoms with Crippen molar-refractivity contribution in [2.75, 3.05) is 0 Å². The van der Waals surface area contributed by atoms with Crippen LogP contribution in [0.1, 0.15) is 49.2 Å². The number of hydrogen-bond acceptors (Lipinski definition) is 4. The number of hydrogen-bond donors (Lipinski definition) is 0. The summed E-state index contributed by atoms with van der Waals surface area (Å²) in [6.45, 7) is 2.18. The van der Waals surface area contributed by atoms with Crippen LogP contribution in [0.4, 0.5) is 0 Å². The van der Waals surface area contributed by atoms with Gasteiger partial charge in [-0.25, -0.2) is 4.98 Å². The van der Waals surface area contributed by atoms with Crippen molar-refractivity contribution < 1.29 is 0 Å². The van der Waals surface area contributed by atoms with Crippen molar-refractivity contribution in [1.29, 1.82) is 0 Å². The Morgan fingerprint density at radius 3 is 2.53 bits per heavy atom. The second kappa shape index (κ2) is 9.26. The van der Waals surface area contributed by atoms with E-state index in [0.717, 1.165) is 55.8 Å². The Morgan fingerprint density at radius 1 is 1.09 bits per heavy atom. The largest absolute Gasteiger partial charge is 0.296 e. The van der Waals surface area contributed by atoms with Crippen molar-refractivity contribution >= 4 is 50.5 Å². The highest BCUT2D eigenvalue weighted by molar-refractivity contribution is 9.10. The molecule has 0 radical (unpaired) electrons. The SMILES string of the molecule is CCCc1c(-c2nnc(C3CCC3)s2)nc(-c2ccc(Cl)cc2Cl)n1-c1ccc(Br)cc1. The van der Waals surface area contributed by atoms with Gasteiger partial charge in [-0.05, 0) is 61.7 Å². The summed E-state index contributed by atoms with van der Waals surface area (Å²) in [5.74, 6) is 1.34. The summed E-state index contributed by atoms with van der Waals surface area (Å²) in [6.07, 6.45) is 5.53. The molecule has 32 heavy (non-hydrogen) atoms. The summed E-state index contributed by atoms with van der Waals surface area (Å²) in [5.41, 5.74) is 3.87. The van der Waals surface area contributed by atoms with Crippen LogP contribution >= 0.6 is 50.5 Å². The molecular weight excluding hydrogens is 527 g/mol. The van der Waals surface area contributed by atoms with Gasteiger partial charge in [0, 0.05) is 26.7 Å². The Bertz CT molecular complexity index is 1260. The Morgan fingerprint density at radius 2 is 1.88 bits per heavy atom. The molecule has 0 unspecified atom stereocenters. The van der Waals surface area contributed by atoms with E-state index in [2.05, 4.69) is 49.8 Å². The lowest BCUT2D eigenvalue weighted by molar-refractivity contribution is 0.416. The average Bonchev–Trinajstić information content (AvgIpc) is 3.33. The third-order valence-electron chi connectivity index (χ3n) is 5.81. The van der Waals surface area contributed by atoms with Gasteiger partial charge < -0.3 is 0 Å². The van der Waals surface area contributed by atoms with Gasteiger partial charge in [0.2, 0.25) is 0 Å². The smallest absolute Gasteiger partial charge is 0.168 e. The van der Waals surface area contributed by atoms with E-state index in [1.54, 1.807) is 17.4 Å². The molecule has 2 aromatic carbocycles. The van der Waals surface area contributed by atoms with Crippen molar-refractivity contribution in [3.63, 3.8) is 0 Å². The number of nitrogens with zero attached hydrogens (tertiary/aromatic N) is 4. The molecule has 0 N–H and O–H groups in total. The third kappa shape index (κ3) is 4.14. The van der Waals surface area contributed by atoms with E-state index in [4.69, 9.17) is 28.2 Å². The van der Waals surface area contributed by atoms with Gasteiger partial charge >= 0.3 is 0 Å². The number of halogens is 3. The fourth-order valence-electron chi connectivity index (χ4n) is 3.96. The van der Waals surface area contributed by atoms with Gasteiger partial charge in [0.25, 0.3) is 0 Å². The Hall–Kier alpha value is -1.73. The first-order valence-electron chi connectivity index (χ1n) is 10.7. The maximum atomic E-state index is 6.63. The minimum absolute atomic E-state index is 0.551. The number of aromatic nitrogens is 4. The van der Waals surface area contributed by atoms with Crippen LogP contribution < -0.4 is 0 Å². The van der Waals surface area contributed by atoms with Gasteiger partial charge in [-0.3, -0.25) is 4.57 Å². The van der Waals surface area contributed by atoms with Crippen molar-refractivity contribution in [3.8, 4) is 27.8 Å². The first-order chi connectivity index (χ1) is 15.5. The van der Waals surface area contributed by atoms with E-state index in [1.807, 2.05) is 24.3 Å². The maximum absolute atomic E-state index is 6.63. The van der Waals surface area contributed by atoms with Gasteiger partial charge in [-0.1, -0.05) is 70.2 Å². The average molecular weight is 548 g/mol. The van der Waals surface area contributed by atoms with E-state index in [0.29, 0.717) is 16.0 Å². The number of imidazole rings is 1. The van der Waals surface area contributed by atoms with Crippen molar-refractivity contribution in [1.82, 2.24) is 19.7 Å². The van der Waals surface area contributed by atoms with Crippen LogP contribution in [0.3, 0.4) is 0 Å². The van der Waals surface area contributed by atoms with E-state index in [-0.39, 0.29) is 0 Å². The fraction of sp³-hybridized carbons (Fsp3) is 0.292. The standard InChI is InChI=1S/C24H21BrCl2N4S/c1-2-4-20-21(24-30-29-23(32-24)14-5-3-6-14)28-22(18-12-9-16(26)13-19(18)27)31(20)17-10-7-15(25)8-11-17/h7-14H,2-6H2,1H3. The molecule has 0 saturated heterocycles. The van der Waals surface area contributed by atoms with E-state index in [1.165, 1.54) is 19.3 Å². The Kier molecular flexibility index (Phi) is 6.39. The molecule has 2 heterocycles. The van der Waals surface area contributed by atoms with Gasteiger partial charge in [0.15, 0.2) is 5.01 Å². The molecule has 1 aliphatic carbocycles. The quantitative estimate of drug-likeness (QED) is 0.243. The van der Waals surface area contributed by atoms with Crippen LogP contribution in [-0.4, -0.2) is 19.7 Å². The highest BCUT2D eigenvalue weighted by atomic mass is 79.9. The predicted molar refractivity (Wildman–Crippen MR) is 136 cm³/mol. The molecule has 4 nitrogen and oxygen atoms in total. The Balaban J connectivity index is 1.73. The van der Waals surface area contributed by atoms with Gasteiger partial charge in [0.1, 0.15) is 16.5 Å².